The summed E-state index contributed by atoms with van der Waals surface area (Å²) in [4.78, 5) is 37.5. The molecule has 10 heteroatoms. The fourth-order valence-corrected chi connectivity index (χ4v) is 4.26. The molecule has 34 heavy (non-hydrogen) atoms. The van der Waals surface area contributed by atoms with E-state index in [2.05, 4.69) is 21.3 Å². The van der Waals surface area contributed by atoms with E-state index in [-0.39, 0.29) is 18.6 Å². The lowest BCUT2D eigenvalue weighted by Gasteiger charge is -2.42. The Morgan fingerprint density at radius 2 is 1.94 bits per heavy atom. The quantitative estimate of drug-likeness (QED) is 0.435. The molecule has 2 aromatic heterocycles. The van der Waals surface area contributed by atoms with Crippen molar-refractivity contribution >= 4 is 23.5 Å². The average molecular weight is 474 g/mol. The van der Waals surface area contributed by atoms with Gasteiger partial charge in [0.2, 0.25) is 0 Å². The van der Waals surface area contributed by atoms with Crippen molar-refractivity contribution in [3.63, 3.8) is 0 Å². The van der Waals surface area contributed by atoms with Gasteiger partial charge in [-0.1, -0.05) is 13.8 Å². The zero-order chi connectivity index (χ0) is 25.3. The highest BCUT2D eigenvalue weighted by molar-refractivity contribution is 6.02. The molecule has 3 N–H and O–H groups in total. The maximum Gasteiger partial charge on any atom is 0.408 e. The van der Waals surface area contributed by atoms with Crippen LogP contribution >= 0.6 is 0 Å². The molecule has 2 heterocycles. The molecular weight excluding hydrogens is 438 g/mol. The number of carbonyl (C=O) groups is 3. The third-order valence-corrected chi connectivity index (χ3v) is 6.63. The Balaban J connectivity index is 1.70. The van der Waals surface area contributed by atoms with Crippen LogP contribution in [0.25, 0.3) is 5.52 Å². The molecule has 3 rings (SSSR count). The second-order valence-corrected chi connectivity index (χ2v) is 10.4. The van der Waals surface area contributed by atoms with Crippen molar-refractivity contribution in [2.45, 2.75) is 78.5 Å². The van der Waals surface area contributed by atoms with Gasteiger partial charge in [-0.05, 0) is 59.6 Å². The summed E-state index contributed by atoms with van der Waals surface area (Å²) in [5.74, 6) is -0.827. The van der Waals surface area contributed by atoms with Crippen LogP contribution in [0.4, 0.5) is 4.79 Å². The summed E-state index contributed by atoms with van der Waals surface area (Å²) in [5.41, 5.74) is 5.61. The monoisotopic (exact) mass is 473 g/mol. The van der Waals surface area contributed by atoms with Gasteiger partial charge in [-0.3, -0.25) is 10.2 Å². The molecule has 2 aromatic rings. The van der Waals surface area contributed by atoms with Crippen LogP contribution < -0.4 is 16.2 Å². The van der Waals surface area contributed by atoms with E-state index in [4.69, 9.17) is 9.47 Å². The van der Waals surface area contributed by atoms with E-state index in [9.17, 15) is 14.4 Å². The van der Waals surface area contributed by atoms with Crippen molar-refractivity contribution in [1.82, 2.24) is 25.8 Å². The first-order valence-corrected chi connectivity index (χ1v) is 11.5. The number of hydrogen-bond acceptors (Lipinski definition) is 7. The van der Waals surface area contributed by atoms with E-state index >= 15 is 0 Å². The number of aromatic nitrogens is 2. The average Bonchev–Trinajstić information content (AvgIpc) is 3.24. The van der Waals surface area contributed by atoms with Crippen LogP contribution in [-0.4, -0.2) is 51.4 Å². The lowest BCUT2D eigenvalue weighted by atomic mass is 9.74. The van der Waals surface area contributed by atoms with Crippen molar-refractivity contribution in [3.05, 3.63) is 35.7 Å². The van der Waals surface area contributed by atoms with Gasteiger partial charge < -0.3 is 14.8 Å². The summed E-state index contributed by atoms with van der Waals surface area (Å²) in [5, 5.41) is 7.21. The number of ether oxygens (including phenoxy) is 2. The van der Waals surface area contributed by atoms with Gasteiger partial charge in [0.1, 0.15) is 5.60 Å². The van der Waals surface area contributed by atoms with E-state index in [1.807, 2.05) is 41.5 Å². The van der Waals surface area contributed by atoms with Crippen LogP contribution in [0.15, 0.2) is 24.5 Å². The van der Waals surface area contributed by atoms with Gasteiger partial charge in [-0.2, -0.15) is 5.10 Å². The zero-order valence-corrected chi connectivity index (χ0v) is 20.9. The van der Waals surface area contributed by atoms with Crippen molar-refractivity contribution in [1.29, 1.82) is 0 Å². The largest absolute Gasteiger partial charge is 0.462 e. The molecule has 1 saturated carbocycles. The van der Waals surface area contributed by atoms with E-state index in [0.29, 0.717) is 23.1 Å². The number of amides is 2. The number of hydrogen-bond donors (Lipinski definition) is 3. The molecule has 2 atom stereocenters. The molecule has 0 spiro atoms. The minimum atomic E-state index is -0.587. The minimum Gasteiger partial charge on any atom is -0.462 e. The number of fused-ring (bicyclic) bond motifs is 1. The lowest BCUT2D eigenvalue weighted by Crippen LogP contribution is -2.59. The number of esters is 1. The maximum atomic E-state index is 13.0. The molecule has 0 saturated heterocycles. The molecular formula is C24H35N5O5. The van der Waals surface area contributed by atoms with E-state index in [1.54, 1.807) is 19.1 Å². The van der Waals surface area contributed by atoms with Crippen molar-refractivity contribution < 1.29 is 23.9 Å². The fourth-order valence-electron chi connectivity index (χ4n) is 4.26. The predicted octanol–water partition coefficient (Wildman–Crippen LogP) is 3.22. The highest BCUT2D eigenvalue weighted by Crippen LogP contribution is 2.45. The van der Waals surface area contributed by atoms with Crippen LogP contribution in [0.2, 0.25) is 0 Å². The van der Waals surface area contributed by atoms with Crippen LogP contribution in [0.3, 0.4) is 0 Å². The second-order valence-electron chi connectivity index (χ2n) is 10.4. The second kappa shape index (κ2) is 9.25. The summed E-state index contributed by atoms with van der Waals surface area (Å²) in [7, 11) is 0. The Morgan fingerprint density at radius 3 is 2.59 bits per heavy atom. The smallest absolute Gasteiger partial charge is 0.408 e. The van der Waals surface area contributed by atoms with E-state index < -0.39 is 28.6 Å². The van der Waals surface area contributed by atoms with Gasteiger partial charge >= 0.3 is 12.1 Å². The standard InChI is InChI=1S/C24H35N5O5/c1-8-33-20(31)15-13-17-16(10-12-25-29(17)14-15)19(30)28-27-18-9-11-24(7,23(18,5)6)26-21(32)34-22(2,3)4/h10,12-14,18,27H,8-9,11H2,1-7H3,(H,26,32)(H,28,30)/t18-,24+/m1/s1. The van der Waals surface area contributed by atoms with E-state index in [1.165, 1.54) is 16.9 Å². The molecule has 1 aliphatic rings. The molecule has 0 unspecified atom stereocenters. The van der Waals surface area contributed by atoms with Crippen LogP contribution in [0, 0.1) is 5.41 Å². The van der Waals surface area contributed by atoms with Crippen LogP contribution in [0.5, 0.6) is 0 Å². The molecule has 10 nitrogen and oxygen atoms in total. The predicted molar refractivity (Wildman–Crippen MR) is 126 cm³/mol. The zero-order valence-electron chi connectivity index (χ0n) is 20.9. The molecule has 0 aromatic carbocycles. The highest BCUT2D eigenvalue weighted by Gasteiger charge is 2.53. The first kappa shape index (κ1) is 25.5. The Bertz CT molecular complexity index is 1090. The maximum absolute atomic E-state index is 13.0. The Morgan fingerprint density at radius 1 is 1.24 bits per heavy atom. The number of hydrazine groups is 1. The summed E-state index contributed by atoms with van der Waals surface area (Å²) < 4.78 is 12.0. The van der Waals surface area contributed by atoms with Crippen molar-refractivity contribution in [2.24, 2.45) is 5.41 Å². The van der Waals surface area contributed by atoms with Crippen molar-refractivity contribution in [3.8, 4) is 0 Å². The van der Waals surface area contributed by atoms with Crippen LogP contribution in [0.1, 0.15) is 82.0 Å². The van der Waals surface area contributed by atoms with Gasteiger partial charge in [-0.15, -0.1) is 0 Å². The first-order chi connectivity index (χ1) is 15.8. The van der Waals surface area contributed by atoms with Gasteiger partial charge in [0.15, 0.2) is 0 Å². The minimum absolute atomic E-state index is 0.101. The number of nitrogens with zero attached hydrogens (tertiary/aromatic N) is 2. The molecule has 0 aliphatic heterocycles. The van der Waals surface area contributed by atoms with Gasteiger partial charge in [0, 0.05) is 29.4 Å². The number of carbonyl (C=O) groups excluding carboxylic acids is 3. The molecule has 186 valence electrons. The summed E-state index contributed by atoms with van der Waals surface area (Å²) in [6.07, 6.45) is 4.03. The molecule has 2 amide bonds. The highest BCUT2D eigenvalue weighted by atomic mass is 16.6. The SMILES string of the molecule is CCOC(=O)c1cc2c(C(=O)NN[C@@H]3CC[C@](C)(NC(=O)OC(C)(C)C)C3(C)C)ccnn2c1. The van der Waals surface area contributed by atoms with Gasteiger partial charge in [-0.25, -0.2) is 19.5 Å². The van der Waals surface area contributed by atoms with Gasteiger partial charge in [0.25, 0.3) is 5.91 Å². The summed E-state index contributed by atoms with van der Waals surface area (Å²) in [6.45, 7) is 13.5. The third kappa shape index (κ3) is 5.16. The van der Waals surface area contributed by atoms with Crippen LogP contribution in [-0.2, 0) is 9.47 Å². The Kier molecular flexibility index (Phi) is 6.93. The molecule has 0 radical (unpaired) electrons. The Hall–Kier alpha value is -3.14. The third-order valence-electron chi connectivity index (χ3n) is 6.63. The molecule has 0 bridgehead atoms. The molecule has 1 aliphatic carbocycles. The number of alkyl carbamates (subject to hydrolysis) is 1. The van der Waals surface area contributed by atoms with E-state index in [0.717, 1.165) is 6.42 Å². The summed E-state index contributed by atoms with van der Waals surface area (Å²) in [6, 6.07) is 3.08. The number of nitrogens with one attached hydrogen (secondary N) is 3. The first-order valence-electron chi connectivity index (χ1n) is 11.5. The number of rotatable bonds is 6. The van der Waals surface area contributed by atoms with Gasteiger partial charge in [0.05, 0.1) is 23.3 Å². The molecule has 1 fully saturated rings. The lowest BCUT2D eigenvalue weighted by molar-refractivity contribution is 0.0361. The summed E-state index contributed by atoms with van der Waals surface area (Å²) >= 11 is 0. The topological polar surface area (TPSA) is 123 Å². The Labute approximate surface area is 199 Å². The van der Waals surface area contributed by atoms with Crippen molar-refractivity contribution in [2.75, 3.05) is 6.61 Å². The fraction of sp³-hybridized carbons (Fsp3) is 0.583. The normalized spacial score (nSPS) is 21.8.